The first-order valence-electron chi connectivity index (χ1n) is 7.50. The van der Waals surface area contributed by atoms with Gasteiger partial charge in [0.25, 0.3) is 11.6 Å². The molecule has 0 atom stereocenters. The van der Waals surface area contributed by atoms with Crippen molar-refractivity contribution in [3.05, 3.63) is 33.9 Å². The zero-order valence-corrected chi connectivity index (χ0v) is 14.4. The fourth-order valence-electron chi connectivity index (χ4n) is 2.91. The molecule has 1 heterocycles. The Morgan fingerprint density at radius 1 is 1.46 bits per heavy atom. The Morgan fingerprint density at radius 2 is 2.12 bits per heavy atom. The number of methoxy groups -OCH3 is 1. The average molecular weight is 359 g/mol. The Bertz CT molecular complexity index is 585. The summed E-state index contributed by atoms with van der Waals surface area (Å²) < 4.78 is 5.30. The summed E-state index contributed by atoms with van der Waals surface area (Å²) in [5.41, 5.74) is 5.39. The lowest BCUT2D eigenvalue weighted by Crippen LogP contribution is -2.47. The van der Waals surface area contributed by atoms with Gasteiger partial charge in [0.1, 0.15) is 5.69 Å². The summed E-state index contributed by atoms with van der Waals surface area (Å²) in [5, 5.41) is 17.0. The molecule has 1 fully saturated rings. The lowest BCUT2D eigenvalue weighted by Gasteiger charge is -2.37. The SMILES string of the molecule is COCC1(CNC(=O)c2cccc([N+](=O)[O-])c2N)CCNCC1.Cl. The second kappa shape index (κ2) is 8.81. The molecule has 24 heavy (non-hydrogen) atoms. The Balaban J connectivity index is 0.00000288. The largest absolute Gasteiger partial charge is 0.393 e. The molecule has 4 N–H and O–H groups in total. The number of carbonyl (C=O) groups excluding carboxylic acids is 1. The second-order valence-electron chi connectivity index (χ2n) is 5.86. The van der Waals surface area contributed by atoms with E-state index in [1.807, 2.05) is 0 Å². The van der Waals surface area contributed by atoms with Crippen molar-refractivity contribution in [3.8, 4) is 0 Å². The van der Waals surface area contributed by atoms with E-state index in [1.165, 1.54) is 18.2 Å². The number of nitrogens with one attached hydrogen (secondary N) is 2. The smallest absolute Gasteiger partial charge is 0.292 e. The molecule has 1 aliphatic rings. The third kappa shape index (κ3) is 4.56. The van der Waals surface area contributed by atoms with E-state index in [9.17, 15) is 14.9 Å². The summed E-state index contributed by atoms with van der Waals surface area (Å²) in [4.78, 5) is 22.7. The van der Waals surface area contributed by atoms with Crippen molar-refractivity contribution in [2.24, 2.45) is 5.41 Å². The third-order valence-corrected chi connectivity index (χ3v) is 4.26. The number of benzene rings is 1. The second-order valence-corrected chi connectivity index (χ2v) is 5.86. The number of hydrogen-bond donors (Lipinski definition) is 3. The van der Waals surface area contributed by atoms with Crippen molar-refractivity contribution in [1.29, 1.82) is 0 Å². The van der Waals surface area contributed by atoms with Gasteiger partial charge in [0, 0.05) is 25.1 Å². The Kier molecular flexibility index (Phi) is 7.40. The molecule has 0 bridgehead atoms. The van der Waals surface area contributed by atoms with Gasteiger partial charge in [-0.2, -0.15) is 0 Å². The van der Waals surface area contributed by atoms with Crippen LogP contribution >= 0.6 is 12.4 Å². The first-order chi connectivity index (χ1) is 11.0. The van der Waals surface area contributed by atoms with Gasteiger partial charge in [0.2, 0.25) is 0 Å². The molecule has 0 aromatic heterocycles. The zero-order chi connectivity index (χ0) is 16.9. The lowest BCUT2D eigenvalue weighted by atomic mass is 9.79. The number of nitrogens with zero attached hydrogens (tertiary/aromatic N) is 1. The van der Waals surface area contributed by atoms with E-state index < -0.39 is 10.8 Å². The van der Waals surface area contributed by atoms with Gasteiger partial charge in [-0.3, -0.25) is 14.9 Å². The highest BCUT2D eigenvalue weighted by Gasteiger charge is 2.33. The van der Waals surface area contributed by atoms with Gasteiger partial charge in [-0.15, -0.1) is 12.4 Å². The van der Waals surface area contributed by atoms with Gasteiger partial charge < -0.3 is 21.1 Å². The summed E-state index contributed by atoms with van der Waals surface area (Å²) in [6.45, 7) is 2.75. The number of para-hydroxylation sites is 1. The van der Waals surface area contributed by atoms with Crippen LogP contribution in [0.4, 0.5) is 11.4 Å². The summed E-state index contributed by atoms with van der Waals surface area (Å²) in [7, 11) is 1.64. The fourth-order valence-corrected chi connectivity index (χ4v) is 2.91. The standard InChI is InChI=1S/C15H22N4O4.ClH/c1-23-10-15(5-7-17-8-6-15)9-18-14(20)11-3-2-4-12(13(11)16)19(21)22;/h2-4,17H,5-10,16H2,1H3,(H,18,20);1H. The molecule has 1 aromatic rings. The maximum absolute atomic E-state index is 12.4. The van der Waals surface area contributed by atoms with Gasteiger partial charge >= 0.3 is 0 Å². The number of anilines is 1. The van der Waals surface area contributed by atoms with Crippen molar-refractivity contribution < 1.29 is 14.5 Å². The van der Waals surface area contributed by atoms with Gasteiger partial charge in [0.05, 0.1) is 17.1 Å². The number of rotatable bonds is 6. The van der Waals surface area contributed by atoms with Crippen LogP contribution in [0.1, 0.15) is 23.2 Å². The zero-order valence-electron chi connectivity index (χ0n) is 13.5. The van der Waals surface area contributed by atoms with Crippen molar-refractivity contribution in [2.75, 3.05) is 39.1 Å². The number of nitro benzene ring substituents is 1. The van der Waals surface area contributed by atoms with Gasteiger partial charge in [-0.25, -0.2) is 0 Å². The minimum Gasteiger partial charge on any atom is -0.393 e. The average Bonchev–Trinajstić information content (AvgIpc) is 2.54. The minimum absolute atomic E-state index is 0. The highest BCUT2D eigenvalue weighted by molar-refractivity contribution is 6.01. The number of hydrogen-bond acceptors (Lipinski definition) is 6. The van der Waals surface area contributed by atoms with Crippen molar-refractivity contribution in [2.45, 2.75) is 12.8 Å². The molecular weight excluding hydrogens is 336 g/mol. The summed E-state index contributed by atoms with van der Waals surface area (Å²) in [6.07, 6.45) is 1.79. The van der Waals surface area contributed by atoms with Crippen LogP contribution in [0.15, 0.2) is 18.2 Å². The van der Waals surface area contributed by atoms with Crippen LogP contribution in [0.2, 0.25) is 0 Å². The molecule has 1 amide bonds. The molecule has 0 spiro atoms. The number of piperidine rings is 1. The maximum Gasteiger partial charge on any atom is 0.292 e. The molecule has 8 nitrogen and oxygen atoms in total. The molecule has 134 valence electrons. The van der Waals surface area contributed by atoms with E-state index in [4.69, 9.17) is 10.5 Å². The molecule has 0 saturated carbocycles. The molecule has 1 saturated heterocycles. The number of nitro groups is 1. The van der Waals surface area contributed by atoms with E-state index in [0.29, 0.717) is 13.2 Å². The van der Waals surface area contributed by atoms with Crippen LogP contribution in [-0.4, -0.2) is 44.2 Å². The van der Waals surface area contributed by atoms with E-state index in [1.54, 1.807) is 7.11 Å². The van der Waals surface area contributed by atoms with Crippen LogP contribution < -0.4 is 16.4 Å². The first-order valence-corrected chi connectivity index (χ1v) is 7.50. The predicted molar refractivity (Wildman–Crippen MR) is 93.5 cm³/mol. The van der Waals surface area contributed by atoms with E-state index >= 15 is 0 Å². The number of carbonyl (C=O) groups is 1. The van der Waals surface area contributed by atoms with E-state index in [0.717, 1.165) is 25.9 Å². The maximum atomic E-state index is 12.4. The molecular formula is C15H23ClN4O4. The lowest BCUT2D eigenvalue weighted by molar-refractivity contribution is -0.383. The highest BCUT2D eigenvalue weighted by Crippen LogP contribution is 2.29. The summed E-state index contributed by atoms with van der Waals surface area (Å²) in [6, 6.07) is 4.23. The normalized spacial score (nSPS) is 16.0. The molecule has 0 aliphatic carbocycles. The Labute approximate surface area is 146 Å². The molecule has 2 rings (SSSR count). The van der Waals surface area contributed by atoms with Crippen molar-refractivity contribution in [3.63, 3.8) is 0 Å². The highest BCUT2D eigenvalue weighted by atomic mass is 35.5. The first kappa shape index (κ1) is 20.1. The van der Waals surface area contributed by atoms with Crippen molar-refractivity contribution in [1.82, 2.24) is 10.6 Å². The molecule has 9 heteroatoms. The number of ether oxygens (including phenoxy) is 1. The number of amides is 1. The van der Waals surface area contributed by atoms with Gasteiger partial charge in [0.15, 0.2) is 0 Å². The quantitative estimate of drug-likeness (QED) is 0.401. The van der Waals surface area contributed by atoms with E-state index in [2.05, 4.69) is 10.6 Å². The molecule has 0 unspecified atom stereocenters. The Morgan fingerprint density at radius 3 is 2.71 bits per heavy atom. The van der Waals surface area contributed by atoms with Crippen LogP contribution in [0.5, 0.6) is 0 Å². The molecule has 1 aliphatic heterocycles. The third-order valence-electron chi connectivity index (χ3n) is 4.26. The van der Waals surface area contributed by atoms with Crippen LogP contribution in [0.25, 0.3) is 0 Å². The molecule has 1 aromatic carbocycles. The number of nitrogens with two attached hydrogens (primary N) is 1. The molecule has 0 radical (unpaired) electrons. The number of halogens is 1. The minimum atomic E-state index is -0.592. The topological polar surface area (TPSA) is 120 Å². The Hall–Kier alpha value is -1.90. The summed E-state index contributed by atoms with van der Waals surface area (Å²) in [5.74, 6) is -0.403. The predicted octanol–water partition coefficient (Wildman–Crippen LogP) is 1.34. The monoisotopic (exact) mass is 358 g/mol. The van der Waals surface area contributed by atoms with E-state index in [-0.39, 0.29) is 34.8 Å². The van der Waals surface area contributed by atoms with Gasteiger partial charge in [-0.1, -0.05) is 6.07 Å². The van der Waals surface area contributed by atoms with Crippen LogP contribution in [-0.2, 0) is 4.74 Å². The van der Waals surface area contributed by atoms with Gasteiger partial charge in [-0.05, 0) is 32.0 Å². The van der Waals surface area contributed by atoms with Crippen LogP contribution in [0.3, 0.4) is 0 Å². The van der Waals surface area contributed by atoms with Crippen LogP contribution in [0, 0.1) is 15.5 Å². The number of nitrogen functional groups attached to an aromatic ring is 1. The summed E-state index contributed by atoms with van der Waals surface area (Å²) >= 11 is 0. The van der Waals surface area contributed by atoms with Crippen molar-refractivity contribution >= 4 is 29.7 Å². The fraction of sp³-hybridized carbons (Fsp3) is 0.533.